The van der Waals surface area contributed by atoms with E-state index in [-0.39, 0.29) is 23.9 Å². The van der Waals surface area contributed by atoms with Gasteiger partial charge in [0.1, 0.15) is 11.6 Å². The molecule has 9 heteroatoms. The molecule has 0 bridgehead atoms. The van der Waals surface area contributed by atoms with Gasteiger partial charge < -0.3 is 9.64 Å². The summed E-state index contributed by atoms with van der Waals surface area (Å²) in [5.41, 5.74) is -0.582. The van der Waals surface area contributed by atoms with Gasteiger partial charge in [-0.2, -0.15) is 4.31 Å². The number of rotatable bonds is 8. The van der Waals surface area contributed by atoms with Crippen molar-refractivity contribution in [2.75, 3.05) is 32.8 Å². The van der Waals surface area contributed by atoms with E-state index in [9.17, 15) is 17.6 Å². The second kappa shape index (κ2) is 10.2. The molecule has 1 aliphatic heterocycles. The molecule has 1 fully saturated rings. The van der Waals surface area contributed by atoms with Crippen molar-refractivity contribution in [3.63, 3.8) is 0 Å². The van der Waals surface area contributed by atoms with Crippen molar-refractivity contribution in [1.29, 1.82) is 0 Å². The monoisotopic (exact) mass is 482 g/mol. The predicted octanol–water partition coefficient (Wildman–Crippen LogP) is 4.20. The number of carbonyl (C=O) groups is 1. The molecule has 0 radical (unpaired) electrons. The number of ether oxygens (including phenoxy) is 1. The lowest BCUT2D eigenvalue weighted by Gasteiger charge is -2.38. The van der Waals surface area contributed by atoms with Crippen LogP contribution in [0.1, 0.15) is 26.7 Å². The Bertz CT molecular complexity index is 1020. The van der Waals surface area contributed by atoms with Gasteiger partial charge >= 0.3 is 0 Å². The lowest BCUT2D eigenvalue weighted by atomic mass is 9.86. The van der Waals surface area contributed by atoms with Crippen LogP contribution in [0.15, 0.2) is 53.4 Å². The van der Waals surface area contributed by atoms with E-state index in [0.29, 0.717) is 37.6 Å². The molecule has 32 heavy (non-hydrogen) atoms. The first-order chi connectivity index (χ1) is 15.1. The molecule has 0 spiro atoms. The molecule has 0 N–H and O–H groups in total. The van der Waals surface area contributed by atoms with Crippen LogP contribution in [0.25, 0.3) is 0 Å². The van der Waals surface area contributed by atoms with Crippen molar-refractivity contribution < 1.29 is 22.3 Å². The predicted molar refractivity (Wildman–Crippen MR) is 122 cm³/mol. The number of hydrogen-bond donors (Lipinski definition) is 0. The quantitative estimate of drug-likeness (QED) is 0.529. The molecular weight excluding hydrogens is 455 g/mol. The SMILES string of the molecule is CC(C)(CCCOc1ccc(Cl)cc1)C(=O)N1CCN(S(=O)(=O)c2ccc(F)cc2)CC1. The van der Waals surface area contributed by atoms with Crippen LogP contribution in [0.3, 0.4) is 0 Å². The van der Waals surface area contributed by atoms with Crippen molar-refractivity contribution in [2.24, 2.45) is 5.41 Å². The van der Waals surface area contributed by atoms with Crippen LogP contribution >= 0.6 is 11.6 Å². The van der Waals surface area contributed by atoms with Crippen molar-refractivity contribution >= 4 is 27.5 Å². The zero-order valence-corrected chi connectivity index (χ0v) is 19.8. The third-order valence-corrected chi connectivity index (χ3v) is 7.75. The number of nitrogens with zero attached hydrogens (tertiary/aromatic N) is 2. The molecule has 0 saturated carbocycles. The lowest BCUT2D eigenvalue weighted by Crippen LogP contribution is -2.53. The second-order valence-corrected chi connectivity index (χ2v) is 10.8. The highest BCUT2D eigenvalue weighted by atomic mass is 35.5. The van der Waals surface area contributed by atoms with Crippen LogP contribution in [0, 0.1) is 11.2 Å². The smallest absolute Gasteiger partial charge is 0.243 e. The maximum atomic E-state index is 13.1. The van der Waals surface area contributed by atoms with Gasteiger partial charge in [-0.05, 0) is 61.4 Å². The zero-order valence-electron chi connectivity index (χ0n) is 18.3. The molecule has 0 aromatic heterocycles. The number of halogens is 2. The summed E-state index contributed by atoms with van der Waals surface area (Å²) in [6, 6.07) is 11.9. The van der Waals surface area contributed by atoms with E-state index in [1.807, 2.05) is 13.8 Å². The Morgan fingerprint density at radius 3 is 2.22 bits per heavy atom. The lowest BCUT2D eigenvalue weighted by molar-refractivity contribution is -0.142. The van der Waals surface area contributed by atoms with E-state index in [4.69, 9.17) is 16.3 Å². The van der Waals surface area contributed by atoms with Gasteiger partial charge in [-0.15, -0.1) is 0 Å². The van der Waals surface area contributed by atoms with Gasteiger partial charge in [-0.3, -0.25) is 4.79 Å². The van der Waals surface area contributed by atoms with Gasteiger partial charge in [0.25, 0.3) is 0 Å². The first-order valence-corrected chi connectivity index (χ1v) is 12.3. The largest absolute Gasteiger partial charge is 0.494 e. The Kier molecular flexibility index (Phi) is 7.79. The fraction of sp³-hybridized carbons (Fsp3) is 0.435. The van der Waals surface area contributed by atoms with Crippen LogP contribution in [0.2, 0.25) is 5.02 Å². The highest BCUT2D eigenvalue weighted by Crippen LogP contribution is 2.27. The van der Waals surface area contributed by atoms with Crippen molar-refractivity contribution in [3.05, 3.63) is 59.4 Å². The number of amides is 1. The zero-order chi connectivity index (χ0) is 23.4. The molecule has 2 aromatic carbocycles. The Morgan fingerprint density at radius 2 is 1.62 bits per heavy atom. The molecule has 6 nitrogen and oxygen atoms in total. The Hall–Kier alpha value is -2.16. The molecule has 3 rings (SSSR count). The topological polar surface area (TPSA) is 66.9 Å². The summed E-state index contributed by atoms with van der Waals surface area (Å²) in [6.45, 7) is 5.36. The summed E-state index contributed by atoms with van der Waals surface area (Å²) in [7, 11) is -3.71. The fourth-order valence-electron chi connectivity index (χ4n) is 3.66. The minimum absolute atomic E-state index is 0.00261. The van der Waals surface area contributed by atoms with Crippen LogP contribution in [0.4, 0.5) is 4.39 Å². The average molecular weight is 483 g/mol. The fourth-order valence-corrected chi connectivity index (χ4v) is 5.21. The van der Waals surface area contributed by atoms with Crippen LogP contribution < -0.4 is 4.74 Å². The van der Waals surface area contributed by atoms with E-state index in [0.717, 1.165) is 17.9 Å². The number of piperazine rings is 1. The Balaban J connectivity index is 1.49. The highest BCUT2D eigenvalue weighted by molar-refractivity contribution is 7.89. The minimum Gasteiger partial charge on any atom is -0.494 e. The second-order valence-electron chi connectivity index (χ2n) is 8.44. The summed E-state index contributed by atoms with van der Waals surface area (Å²) in [5, 5.41) is 0.648. The molecule has 0 aliphatic carbocycles. The molecule has 174 valence electrons. The molecule has 2 aromatic rings. The third kappa shape index (κ3) is 5.99. The molecular formula is C23H28ClFN2O4S. The standard InChI is InChI=1S/C23H28ClFN2O4S/c1-23(2,12-3-17-31-20-8-4-18(24)5-9-20)22(28)26-13-15-27(16-14-26)32(29,30)21-10-6-19(25)7-11-21/h4-11H,3,12-17H2,1-2H3. The van der Waals surface area contributed by atoms with E-state index >= 15 is 0 Å². The Morgan fingerprint density at radius 1 is 1.03 bits per heavy atom. The van der Waals surface area contributed by atoms with Crippen molar-refractivity contribution in [1.82, 2.24) is 9.21 Å². The summed E-state index contributed by atoms with van der Waals surface area (Å²) in [5.74, 6) is 0.250. The molecule has 1 saturated heterocycles. The first-order valence-electron chi connectivity index (χ1n) is 10.5. The number of hydrogen-bond acceptors (Lipinski definition) is 4. The summed E-state index contributed by atoms with van der Waals surface area (Å²) < 4.78 is 45.7. The van der Waals surface area contributed by atoms with Crippen molar-refractivity contribution in [2.45, 2.75) is 31.6 Å². The minimum atomic E-state index is -3.71. The Labute approximate surface area is 194 Å². The number of sulfonamides is 1. The average Bonchev–Trinajstić information content (AvgIpc) is 2.78. The van der Waals surface area contributed by atoms with Gasteiger partial charge in [0.2, 0.25) is 15.9 Å². The van der Waals surface area contributed by atoms with Crippen molar-refractivity contribution in [3.8, 4) is 5.75 Å². The molecule has 1 heterocycles. The van der Waals surface area contributed by atoms with Gasteiger partial charge in [0, 0.05) is 36.6 Å². The van der Waals surface area contributed by atoms with E-state index in [2.05, 4.69) is 0 Å². The van der Waals surface area contributed by atoms with Crippen LogP contribution in [-0.2, 0) is 14.8 Å². The summed E-state index contributed by atoms with van der Waals surface area (Å²) >= 11 is 5.86. The maximum absolute atomic E-state index is 13.1. The van der Waals surface area contributed by atoms with E-state index in [1.165, 1.54) is 16.4 Å². The third-order valence-electron chi connectivity index (χ3n) is 5.58. The van der Waals surface area contributed by atoms with Gasteiger partial charge in [-0.25, -0.2) is 12.8 Å². The van der Waals surface area contributed by atoms with E-state index in [1.54, 1.807) is 29.2 Å². The van der Waals surface area contributed by atoms with Gasteiger partial charge in [-0.1, -0.05) is 25.4 Å². The maximum Gasteiger partial charge on any atom is 0.243 e. The van der Waals surface area contributed by atoms with Gasteiger partial charge in [0.05, 0.1) is 11.5 Å². The first kappa shape index (κ1) is 24.5. The van der Waals surface area contributed by atoms with Gasteiger partial charge in [0.15, 0.2) is 0 Å². The number of carbonyl (C=O) groups excluding carboxylic acids is 1. The molecule has 0 unspecified atom stereocenters. The summed E-state index contributed by atoms with van der Waals surface area (Å²) in [6.07, 6.45) is 1.35. The molecule has 1 amide bonds. The van der Waals surface area contributed by atoms with Crippen LogP contribution in [0.5, 0.6) is 5.75 Å². The summed E-state index contributed by atoms with van der Waals surface area (Å²) in [4.78, 5) is 14.8. The highest BCUT2D eigenvalue weighted by Gasteiger charge is 2.35. The normalized spacial score (nSPS) is 15.6. The van der Waals surface area contributed by atoms with Crippen LogP contribution in [-0.4, -0.2) is 56.3 Å². The molecule has 1 aliphatic rings. The number of benzene rings is 2. The molecule has 0 atom stereocenters. The van der Waals surface area contributed by atoms with E-state index < -0.39 is 21.3 Å².